The van der Waals surface area contributed by atoms with E-state index in [0.717, 1.165) is 56.9 Å². The van der Waals surface area contributed by atoms with Gasteiger partial charge in [0.05, 0.1) is 0 Å². The van der Waals surface area contributed by atoms with Crippen molar-refractivity contribution in [1.82, 2.24) is 15.3 Å². The molecule has 0 spiro atoms. The van der Waals surface area contributed by atoms with Gasteiger partial charge in [-0.25, -0.2) is 9.97 Å². The molecule has 1 saturated heterocycles. The normalized spacial score (nSPS) is 18.8. The summed E-state index contributed by atoms with van der Waals surface area (Å²) in [5, 5.41) is 3.15. The Labute approximate surface area is 167 Å². The van der Waals surface area contributed by atoms with Crippen LogP contribution in [-0.2, 0) is 6.42 Å². The Morgan fingerprint density at radius 1 is 1.00 bits per heavy atom. The summed E-state index contributed by atoms with van der Waals surface area (Å²) in [6, 6.07) is 12.9. The number of amides is 1. The fourth-order valence-corrected chi connectivity index (χ4v) is 4.46. The highest BCUT2D eigenvalue weighted by Gasteiger charge is 2.22. The van der Waals surface area contributed by atoms with Crippen LogP contribution in [0.5, 0.6) is 0 Å². The van der Waals surface area contributed by atoms with Crippen molar-refractivity contribution in [3.8, 4) is 0 Å². The fraction of sp³-hybridized carbons (Fsp3) is 0.522. The molecule has 2 fully saturated rings. The van der Waals surface area contributed by atoms with Crippen molar-refractivity contribution in [3.63, 3.8) is 0 Å². The van der Waals surface area contributed by atoms with Crippen molar-refractivity contribution in [2.45, 2.75) is 57.4 Å². The first kappa shape index (κ1) is 18.9. The first-order chi connectivity index (χ1) is 13.8. The van der Waals surface area contributed by atoms with Gasteiger partial charge in [0, 0.05) is 25.2 Å². The average molecular weight is 379 g/mol. The number of nitrogens with one attached hydrogen (secondary N) is 1. The topological polar surface area (TPSA) is 58.1 Å². The molecule has 1 amide bonds. The second kappa shape index (κ2) is 9.18. The summed E-state index contributed by atoms with van der Waals surface area (Å²) < 4.78 is 0. The van der Waals surface area contributed by atoms with Crippen molar-refractivity contribution in [3.05, 3.63) is 54.0 Å². The number of carbonyl (C=O) groups excluding carboxylic acids is 1. The van der Waals surface area contributed by atoms with E-state index in [-0.39, 0.29) is 5.91 Å². The quantitative estimate of drug-likeness (QED) is 0.854. The molecule has 2 heterocycles. The molecule has 0 unspecified atom stereocenters. The van der Waals surface area contributed by atoms with Crippen molar-refractivity contribution < 1.29 is 4.79 Å². The van der Waals surface area contributed by atoms with E-state index in [1.54, 1.807) is 0 Å². The number of rotatable bonds is 5. The van der Waals surface area contributed by atoms with Crippen molar-refractivity contribution in [1.29, 1.82) is 0 Å². The number of hydrogen-bond acceptors (Lipinski definition) is 4. The molecular weight excluding hydrogens is 348 g/mol. The van der Waals surface area contributed by atoms with Crippen LogP contribution in [0.4, 0.5) is 5.82 Å². The lowest BCUT2D eigenvalue weighted by atomic mass is 9.90. The Hall–Kier alpha value is -2.43. The Balaban J connectivity index is 1.32. The van der Waals surface area contributed by atoms with Gasteiger partial charge in [-0.2, -0.15) is 0 Å². The Morgan fingerprint density at radius 2 is 1.75 bits per heavy atom. The van der Waals surface area contributed by atoms with Crippen LogP contribution in [-0.4, -0.2) is 35.0 Å². The van der Waals surface area contributed by atoms with E-state index in [1.165, 1.54) is 31.2 Å². The maximum Gasteiger partial charge on any atom is 0.270 e. The smallest absolute Gasteiger partial charge is 0.270 e. The minimum absolute atomic E-state index is 0.0606. The predicted molar refractivity (Wildman–Crippen MR) is 111 cm³/mol. The van der Waals surface area contributed by atoms with Crippen LogP contribution in [0.15, 0.2) is 42.7 Å². The lowest BCUT2D eigenvalue weighted by molar-refractivity contribution is 0.0922. The molecule has 1 aromatic carbocycles. The molecule has 0 radical (unpaired) electrons. The molecule has 1 aliphatic carbocycles. The zero-order valence-electron chi connectivity index (χ0n) is 16.5. The third-order valence-electron chi connectivity index (χ3n) is 6.13. The van der Waals surface area contributed by atoms with E-state index in [4.69, 9.17) is 0 Å². The number of hydrogen-bond donors (Lipinski definition) is 1. The third kappa shape index (κ3) is 4.89. The molecule has 1 saturated carbocycles. The van der Waals surface area contributed by atoms with E-state index < -0.39 is 0 Å². The van der Waals surface area contributed by atoms with Crippen molar-refractivity contribution in [2.24, 2.45) is 5.92 Å². The first-order valence-electron chi connectivity index (χ1n) is 10.7. The minimum atomic E-state index is -0.0606. The summed E-state index contributed by atoms with van der Waals surface area (Å²) in [6.45, 7) is 1.97. The SMILES string of the molecule is O=C(NC1CCCCC1)c1cc(N2CCC(Cc3ccccc3)CC2)ncn1. The number of anilines is 1. The van der Waals surface area contributed by atoms with Gasteiger partial charge in [-0.05, 0) is 43.6 Å². The van der Waals surface area contributed by atoms with Gasteiger partial charge < -0.3 is 10.2 Å². The van der Waals surface area contributed by atoms with Gasteiger partial charge in [-0.3, -0.25) is 4.79 Å². The van der Waals surface area contributed by atoms with E-state index in [9.17, 15) is 4.79 Å². The van der Waals surface area contributed by atoms with Crippen molar-refractivity contribution >= 4 is 11.7 Å². The van der Waals surface area contributed by atoms with Crippen LogP contribution >= 0.6 is 0 Å². The molecule has 28 heavy (non-hydrogen) atoms. The molecule has 0 atom stereocenters. The van der Waals surface area contributed by atoms with E-state index in [1.807, 2.05) is 6.07 Å². The molecule has 5 nitrogen and oxygen atoms in total. The first-order valence-corrected chi connectivity index (χ1v) is 10.7. The summed E-state index contributed by atoms with van der Waals surface area (Å²) >= 11 is 0. The maximum atomic E-state index is 12.6. The Bertz CT molecular complexity index is 765. The summed E-state index contributed by atoms with van der Waals surface area (Å²) in [4.78, 5) is 23.5. The van der Waals surface area contributed by atoms with Gasteiger partial charge in [0.2, 0.25) is 0 Å². The number of piperidine rings is 1. The van der Waals surface area contributed by atoms with Gasteiger partial charge in [-0.15, -0.1) is 0 Å². The largest absolute Gasteiger partial charge is 0.356 e. The van der Waals surface area contributed by atoms with Gasteiger partial charge in [0.25, 0.3) is 5.91 Å². The van der Waals surface area contributed by atoms with Crippen LogP contribution < -0.4 is 10.2 Å². The molecule has 148 valence electrons. The van der Waals surface area contributed by atoms with Gasteiger partial charge in [0.15, 0.2) is 0 Å². The van der Waals surface area contributed by atoms with E-state index >= 15 is 0 Å². The predicted octanol–water partition coefficient (Wildman–Crippen LogP) is 4.00. The molecule has 1 aromatic heterocycles. The number of benzene rings is 1. The van der Waals surface area contributed by atoms with Crippen LogP contribution in [0.3, 0.4) is 0 Å². The standard InChI is InChI=1S/C23H30N4O/c28-23(26-20-9-5-2-6-10-20)21-16-22(25-17-24-21)27-13-11-19(12-14-27)15-18-7-3-1-4-8-18/h1,3-4,7-8,16-17,19-20H,2,5-6,9-15H2,(H,26,28). The molecule has 4 rings (SSSR count). The monoisotopic (exact) mass is 378 g/mol. The van der Waals surface area contributed by atoms with Crippen LogP contribution in [0.1, 0.15) is 61.0 Å². The fourth-order valence-electron chi connectivity index (χ4n) is 4.46. The molecule has 2 aliphatic rings. The number of nitrogens with zero attached hydrogens (tertiary/aromatic N) is 3. The third-order valence-corrected chi connectivity index (χ3v) is 6.13. The summed E-state index contributed by atoms with van der Waals surface area (Å²) in [6.07, 6.45) is 10.8. The zero-order valence-corrected chi connectivity index (χ0v) is 16.5. The second-order valence-corrected chi connectivity index (χ2v) is 8.19. The minimum Gasteiger partial charge on any atom is -0.356 e. The molecule has 5 heteroatoms. The second-order valence-electron chi connectivity index (χ2n) is 8.19. The molecular formula is C23H30N4O. The molecule has 0 bridgehead atoms. The van der Waals surface area contributed by atoms with Gasteiger partial charge >= 0.3 is 0 Å². The summed E-state index contributed by atoms with van der Waals surface area (Å²) in [5.74, 6) is 1.53. The summed E-state index contributed by atoms with van der Waals surface area (Å²) in [5.41, 5.74) is 1.91. The maximum absolute atomic E-state index is 12.6. The summed E-state index contributed by atoms with van der Waals surface area (Å²) in [7, 11) is 0. The lowest BCUT2D eigenvalue weighted by Crippen LogP contribution is -2.37. The molecule has 1 N–H and O–H groups in total. The Kier molecular flexibility index (Phi) is 6.20. The lowest BCUT2D eigenvalue weighted by Gasteiger charge is -2.33. The highest BCUT2D eigenvalue weighted by molar-refractivity contribution is 5.93. The van der Waals surface area contributed by atoms with Crippen LogP contribution in [0, 0.1) is 5.92 Å². The highest BCUT2D eigenvalue weighted by atomic mass is 16.1. The van der Waals surface area contributed by atoms with Gasteiger partial charge in [0.1, 0.15) is 17.8 Å². The Morgan fingerprint density at radius 3 is 2.50 bits per heavy atom. The molecule has 2 aromatic rings. The van der Waals surface area contributed by atoms with Crippen LogP contribution in [0.2, 0.25) is 0 Å². The highest BCUT2D eigenvalue weighted by Crippen LogP contribution is 2.25. The van der Waals surface area contributed by atoms with E-state index in [0.29, 0.717) is 11.7 Å². The van der Waals surface area contributed by atoms with E-state index in [2.05, 4.69) is 50.5 Å². The zero-order chi connectivity index (χ0) is 19.2. The molecule has 1 aliphatic heterocycles. The number of carbonyl (C=O) groups is 1. The van der Waals surface area contributed by atoms with Crippen molar-refractivity contribution in [2.75, 3.05) is 18.0 Å². The van der Waals surface area contributed by atoms with Gasteiger partial charge in [-0.1, -0.05) is 49.6 Å². The van der Waals surface area contributed by atoms with Crippen LogP contribution in [0.25, 0.3) is 0 Å². The average Bonchev–Trinajstić information content (AvgIpc) is 2.76. The number of aromatic nitrogens is 2.